The van der Waals surface area contributed by atoms with Crippen LogP contribution in [0.15, 0.2) is 91.0 Å². The van der Waals surface area contributed by atoms with Gasteiger partial charge in [0.05, 0.1) is 22.2 Å². The molecule has 0 bridgehead atoms. The second-order valence-corrected chi connectivity index (χ2v) is 19.4. The van der Waals surface area contributed by atoms with Gasteiger partial charge in [0.15, 0.2) is 0 Å². The van der Waals surface area contributed by atoms with Gasteiger partial charge in [0, 0.05) is 12.6 Å². The third kappa shape index (κ3) is 7.83. The molecule has 1 fully saturated rings. The minimum Gasteiger partial charge on any atom is -0.461 e. The molecule has 1 aliphatic carbocycles. The first-order valence-corrected chi connectivity index (χ1v) is 17.6. The maximum absolute atomic E-state index is 13.1. The van der Waals surface area contributed by atoms with Crippen LogP contribution in [0.4, 0.5) is 0 Å². The molecular formula is C34H45NO4SSi. The summed E-state index contributed by atoms with van der Waals surface area (Å²) >= 11 is 0. The van der Waals surface area contributed by atoms with E-state index in [1.54, 1.807) is 0 Å². The Bertz CT molecular complexity index is 1250. The molecule has 0 heterocycles. The molecule has 1 saturated carbocycles. The molecule has 41 heavy (non-hydrogen) atoms. The zero-order chi connectivity index (χ0) is 29.7. The molecule has 7 heteroatoms. The quantitative estimate of drug-likeness (QED) is 0.215. The SMILES string of the molecule is CC(C)(C)[S@](=O)N[C@H](CC(=O)OCc1ccccc1)[C@H]1C[C@H]1CO[Si](c1ccccc1)(c1ccccc1)C(C)(C)C. The van der Waals surface area contributed by atoms with Crippen molar-refractivity contribution in [1.82, 2.24) is 4.72 Å². The third-order valence-corrected chi connectivity index (χ3v) is 14.5. The Morgan fingerprint density at radius 2 is 1.39 bits per heavy atom. The molecule has 4 atom stereocenters. The monoisotopic (exact) mass is 591 g/mol. The van der Waals surface area contributed by atoms with E-state index in [9.17, 15) is 9.00 Å². The van der Waals surface area contributed by atoms with Gasteiger partial charge in [-0.15, -0.1) is 0 Å². The van der Waals surface area contributed by atoms with E-state index in [0.717, 1.165) is 12.0 Å². The van der Waals surface area contributed by atoms with Crippen LogP contribution in [0.2, 0.25) is 5.04 Å². The number of nitrogens with one attached hydrogen (secondary N) is 1. The average Bonchev–Trinajstić information content (AvgIpc) is 3.72. The van der Waals surface area contributed by atoms with Gasteiger partial charge in [-0.2, -0.15) is 0 Å². The van der Waals surface area contributed by atoms with Crippen LogP contribution in [0.1, 0.15) is 59.9 Å². The highest BCUT2D eigenvalue weighted by Gasteiger charge is 2.52. The first kappa shape index (κ1) is 31.4. The van der Waals surface area contributed by atoms with Crippen LogP contribution < -0.4 is 15.1 Å². The van der Waals surface area contributed by atoms with Crippen molar-refractivity contribution in [2.45, 2.75) is 76.8 Å². The largest absolute Gasteiger partial charge is 0.461 e. The lowest BCUT2D eigenvalue weighted by Gasteiger charge is -2.43. The number of esters is 1. The fourth-order valence-electron chi connectivity index (χ4n) is 5.52. The van der Waals surface area contributed by atoms with Crippen LogP contribution in [0, 0.1) is 11.8 Å². The molecule has 0 spiro atoms. The van der Waals surface area contributed by atoms with Crippen LogP contribution in [-0.2, 0) is 31.5 Å². The molecule has 4 rings (SSSR count). The number of rotatable bonds is 12. The maximum Gasteiger partial charge on any atom is 0.307 e. The minimum atomic E-state index is -2.65. The molecule has 5 nitrogen and oxygen atoms in total. The normalized spacial score (nSPS) is 18.9. The van der Waals surface area contributed by atoms with Crippen LogP contribution in [0.3, 0.4) is 0 Å². The standard InChI is InChI=1S/C34H45NO4SSi/c1-33(2,3)40(37)35-31(23-32(36)38-24-26-16-10-7-11-17-26)30-22-27(30)25-39-41(34(4,5)6,28-18-12-8-13-19-28)29-20-14-9-15-21-29/h7-21,27,30-31,35H,22-25H2,1-6H3/t27-,30-,31+,40-/m0/s1. The molecule has 0 saturated heterocycles. The zero-order valence-corrected chi connectivity index (χ0v) is 27.1. The van der Waals surface area contributed by atoms with E-state index >= 15 is 0 Å². The van der Waals surface area contributed by atoms with Crippen molar-refractivity contribution in [3.05, 3.63) is 96.6 Å². The van der Waals surface area contributed by atoms with Crippen molar-refractivity contribution < 1.29 is 18.2 Å². The van der Waals surface area contributed by atoms with Crippen LogP contribution in [0.5, 0.6) is 0 Å². The summed E-state index contributed by atoms with van der Waals surface area (Å²) in [6, 6.07) is 30.7. The fraction of sp³-hybridized carbons (Fsp3) is 0.441. The van der Waals surface area contributed by atoms with Crippen molar-refractivity contribution >= 4 is 35.6 Å². The lowest BCUT2D eigenvalue weighted by molar-refractivity contribution is -0.145. The van der Waals surface area contributed by atoms with Crippen molar-refractivity contribution in [3.8, 4) is 0 Å². The molecular weight excluding hydrogens is 547 g/mol. The Morgan fingerprint density at radius 1 is 0.878 bits per heavy atom. The summed E-state index contributed by atoms with van der Waals surface area (Å²) in [5.74, 6) is 0.174. The van der Waals surface area contributed by atoms with Gasteiger partial charge in [-0.3, -0.25) is 4.79 Å². The molecule has 0 unspecified atom stereocenters. The molecule has 3 aromatic rings. The fourth-order valence-corrected chi connectivity index (χ4v) is 11.0. The van der Waals surface area contributed by atoms with Crippen molar-refractivity contribution in [2.24, 2.45) is 11.8 Å². The number of carbonyl (C=O) groups is 1. The number of ether oxygens (including phenoxy) is 1. The summed E-state index contributed by atoms with van der Waals surface area (Å²) in [6.07, 6.45) is 1.10. The summed E-state index contributed by atoms with van der Waals surface area (Å²) in [7, 11) is -3.96. The van der Waals surface area contributed by atoms with E-state index in [-0.39, 0.29) is 41.9 Å². The Balaban J connectivity index is 1.51. The Kier molecular flexibility index (Phi) is 10.1. The molecule has 1 N–H and O–H groups in total. The van der Waals surface area contributed by atoms with Gasteiger partial charge < -0.3 is 9.16 Å². The van der Waals surface area contributed by atoms with E-state index in [0.29, 0.717) is 6.61 Å². The number of hydrogen-bond acceptors (Lipinski definition) is 4. The molecule has 0 amide bonds. The predicted molar refractivity (Wildman–Crippen MR) is 171 cm³/mol. The average molecular weight is 592 g/mol. The lowest BCUT2D eigenvalue weighted by Crippen LogP contribution is -2.66. The van der Waals surface area contributed by atoms with Gasteiger partial charge in [0.25, 0.3) is 8.32 Å². The van der Waals surface area contributed by atoms with E-state index in [4.69, 9.17) is 9.16 Å². The Morgan fingerprint density at radius 3 is 1.88 bits per heavy atom. The van der Waals surface area contributed by atoms with Crippen molar-refractivity contribution in [1.29, 1.82) is 0 Å². The van der Waals surface area contributed by atoms with Gasteiger partial charge >= 0.3 is 5.97 Å². The van der Waals surface area contributed by atoms with Crippen LogP contribution >= 0.6 is 0 Å². The smallest absolute Gasteiger partial charge is 0.307 e. The maximum atomic E-state index is 13.1. The van der Waals surface area contributed by atoms with Gasteiger partial charge in [-0.05, 0) is 60.0 Å². The first-order valence-electron chi connectivity index (χ1n) is 14.5. The summed E-state index contributed by atoms with van der Waals surface area (Å²) < 4.78 is 28.8. The Hall–Kier alpha value is -2.58. The Labute approximate surface area is 249 Å². The highest BCUT2D eigenvalue weighted by atomic mass is 32.2. The first-order chi connectivity index (χ1) is 19.4. The molecule has 220 valence electrons. The molecule has 0 aliphatic heterocycles. The third-order valence-electron chi connectivity index (χ3n) is 7.87. The van der Waals surface area contributed by atoms with Gasteiger partial charge in [-0.1, -0.05) is 112 Å². The molecule has 1 aliphatic rings. The number of benzene rings is 3. The van der Waals surface area contributed by atoms with Crippen molar-refractivity contribution in [3.63, 3.8) is 0 Å². The van der Waals surface area contributed by atoms with E-state index < -0.39 is 24.1 Å². The van der Waals surface area contributed by atoms with Crippen LogP contribution in [-0.4, -0.2) is 35.9 Å². The van der Waals surface area contributed by atoms with E-state index in [1.807, 2.05) is 51.1 Å². The molecule has 3 aromatic carbocycles. The summed E-state index contributed by atoms with van der Waals surface area (Å²) in [5, 5.41) is 2.40. The van der Waals surface area contributed by atoms with Crippen LogP contribution in [0.25, 0.3) is 0 Å². The second-order valence-electron chi connectivity index (χ2n) is 13.1. The summed E-state index contributed by atoms with van der Waals surface area (Å²) in [6.45, 7) is 13.5. The minimum absolute atomic E-state index is 0.104. The summed E-state index contributed by atoms with van der Waals surface area (Å²) in [4.78, 5) is 12.9. The molecule has 0 aromatic heterocycles. The zero-order valence-electron chi connectivity index (χ0n) is 25.3. The number of hydrogen-bond donors (Lipinski definition) is 1. The number of carbonyl (C=O) groups excluding carboxylic acids is 1. The topological polar surface area (TPSA) is 64.6 Å². The lowest BCUT2D eigenvalue weighted by atomic mass is 10.1. The highest BCUT2D eigenvalue weighted by molar-refractivity contribution is 7.84. The molecule has 0 radical (unpaired) electrons. The predicted octanol–water partition coefficient (Wildman–Crippen LogP) is 5.75. The van der Waals surface area contributed by atoms with Gasteiger partial charge in [0.1, 0.15) is 6.61 Å². The van der Waals surface area contributed by atoms with E-state index in [1.165, 1.54) is 10.4 Å². The second kappa shape index (κ2) is 13.2. The van der Waals surface area contributed by atoms with Crippen molar-refractivity contribution in [2.75, 3.05) is 6.61 Å². The highest BCUT2D eigenvalue weighted by Crippen LogP contribution is 2.45. The van der Waals surface area contributed by atoms with Gasteiger partial charge in [0.2, 0.25) is 0 Å². The van der Waals surface area contributed by atoms with E-state index in [2.05, 4.69) is 86.2 Å². The van der Waals surface area contributed by atoms with Gasteiger partial charge in [-0.25, -0.2) is 8.93 Å². The summed E-state index contributed by atoms with van der Waals surface area (Å²) in [5.41, 5.74) is 0.951.